The number of carbonyl (C=O) groups is 3. The topological polar surface area (TPSA) is 91.7 Å². The average molecular weight is 494 g/mol. The van der Waals surface area contributed by atoms with Gasteiger partial charge >= 0.3 is 0 Å². The summed E-state index contributed by atoms with van der Waals surface area (Å²) in [7, 11) is 0. The van der Waals surface area contributed by atoms with E-state index in [9.17, 15) is 14.4 Å². The molecule has 3 amide bonds. The fourth-order valence-corrected chi connectivity index (χ4v) is 5.11. The van der Waals surface area contributed by atoms with Gasteiger partial charge in [0.1, 0.15) is 6.04 Å². The van der Waals surface area contributed by atoms with Crippen molar-refractivity contribution in [3.63, 3.8) is 0 Å². The molecule has 1 saturated carbocycles. The molecule has 1 aliphatic carbocycles. The van der Waals surface area contributed by atoms with E-state index >= 15 is 0 Å². The second-order valence-corrected chi connectivity index (χ2v) is 9.78. The third-order valence-electron chi connectivity index (χ3n) is 6.34. The van der Waals surface area contributed by atoms with E-state index in [4.69, 9.17) is 4.42 Å². The highest BCUT2D eigenvalue weighted by Crippen LogP contribution is 2.27. The number of hydrogen-bond acceptors (Lipinski definition) is 5. The molecule has 1 aliphatic rings. The molecule has 2 heterocycles. The van der Waals surface area contributed by atoms with Gasteiger partial charge in [0, 0.05) is 10.9 Å². The van der Waals surface area contributed by atoms with Crippen molar-refractivity contribution in [1.29, 1.82) is 0 Å². The fraction of sp³-hybridized carbons (Fsp3) is 0.370. The summed E-state index contributed by atoms with van der Waals surface area (Å²) in [5.74, 6) is -0.875. The van der Waals surface area contributed by atoms with Gasteiger partial charge in [-0.2, -0.15) is 0 Å². The fourth-order valence-electron chi connectivity index (χ4n) is 4.40. The minimum absolute atomic E-state index is 0.122. The van der Waals surface area contributed by atoms with Gasteiger partial charge in [-0.1, -0.05) is 50.1 Å². The number of hydrogen-bond donors (Lipinski definition) is 2. The monoisotopic (exact) mass is 493 g/mol. The standard InChI is InChI=1S/C27H31N3O4S/c1-2-19-11-13-20(14-12-19)25(27(33)29-21-7-3-4-8-21)30(18-22-9-6-16-35-22)24(31)17-28-26(32)23-10-5-15-34-23/h5-6,9-16,21,25H,2-4,7-8,17-18H2,1H3,(H,28,32)(H,29,33)/t25-/m1/s1. The van der Waals surface area contributed by atoms with Crippen molar-refractivity contribution in [3.8, 4) is 0 Å². The minimum atomic E-state index is -0.809. The summed E-state index contributed by atoms with van der Waals surface area (Å²) in [4.78, 5) is 42.1. The maximum absolute atomic E-state index is 13.6. The molecule has 4 rings (SSSR count). The smallest absolute Gasteiger partial charge is 0.287 e. The van der Waals surface area contributed by atoms with Gasteiger partial charge in [0.25, 0.3) is 5.91 Å². The number of nitrogens with zero attached hydrogens (tertiary/aromatic N) is 1. The SMILES string of the molecule is CCc1ccc([C@H](C(=O)NC2CCCC2)N(Cc2cccs2)C(=O)CNC(=O)c2ccco2)cc1. The molecule has 0 aliphatic heterocycles. The van der Waals surface area contributed by atoms with Crippen molar-refractivity contribution < 1.29 is 18.8 Å². The van der Waals surface area contributed by atoms with Crippen LogP contribution < -0.4 is 10.6 Å². The van der Waals surface area contributed by atoms with Gasteiger partial charge in [-0.3, -0.25) is 14.4 Å². The first-order chi connectivity index (χ1) is 17.0. The summed E-state index contributed by atoms with van der Waals surface area (Å²) in [6, 6.07) is 14.2. The van der Waals surface area contributed by atoms with Crippen molar-refractivity contribution >= 4 is 29.1 Å². The summed E-state index contributed by atoms with van der Waals surface area (Å²) >= 11 is 1.53. The van der Waals surface area contributed by atoms with Crippen molar-refractivity contribution in [3.05, 3.63) is 81.9 Å². The van der Waals surface area contributed by atoms with Gasteiger partial charge in [0.05, 0.1) is 19.4 Å². The average Bonchev–Trinajstić information content (AvgIpc) is 3.66. The van der Waals surface area contributed by atoms with Crippen LogP contribution >= 0.6 is 11.3 Å². The Morgan fingerprint density at radius 3 is 2.49 bits per heavy atom. The lowest BCUT2D eigenvalue weighted by Gasteiger charge is -2.32. The van der Waals surface area contributed by atoms with Gasteiger partial charge in [-0.05, 0) is 54.0 Å². The molecule has 0 radical (unpaired) electrons. The predicted molar refractivity (Wildman–Crippen MR) is 135 cm³/mol. The van der Waals surface area contributed by atoms with Gasteiger partial charge in [0.15, 0.2) is 5.76 Å². The first-order valence-corrected chi connectivity index (χ1v) is 13.0. The number of rotatable bonds is 10. The largest absolute Gasteiger partial charge is 0.459 e. The Labute approximate surface area is 209 Å². The Balaban J connectivity index is 1.61. The Bertz CT molecular complexity index is 1100. The van der Waals surface area contributed by atoms with Crippen LogP contribution in [0, 0.1) is 0 Å². The molecule has 2 N–H and O–H groups in total. The molecule has 35 heavy (non-hydrogen) atoms. The zero-order chi connectivity index (χ0) is 24.6. The number of benzene rings is 1. The van der Waals surface area contributed by atoms with Crippen LogP contribution in [0.4, 0.5) is 0 Å². The van der Waals surface area contributed by atoms with E-state index < -0.39 is 11.9 Å². The Morgan fingerprint density at radius 2 is 1.86 bits per heavy atom. The van der Waals surface area contributed by atoms with Crippen molar-refractivity contribution in [2.45, 2.75) is 57.7 Å². The van der Waals surface area contributed by atoms with Crippen molar-refractivity contribution in [2.75, 3.05) is 6.54 Å². The van der Waals surface area contributed by atoms with E-state index in [1.165, 1.54) is 23.7 Å². The second kappa shape index (κ2) is 11.8. The third kappa shape index (κ3) is 6.39. The number of thiophene rings is 1. The molecule has 8 heteroatoms. The molecule has 1 aromatic carbocycles. The molecular weight excluding hydrogens is 462 g/mol. The molecule has 0 saturated heterocycles. The first kappa shape index (κ1) is 24.7. The van der Waals surface area contributed by atoms with Crippen LogP contribution in [0.2, 0.25) is 0 Å². The molecule has 184 valence electrons. The van der Waals surface area contributed by atoms with E-state index in [1.807, 2.05) is 41.8 Å². The van der Waals surface area contributed by atoms with E-state index in [-0.39, 0.29) is 36.7 Å². The summed E-state index contributed by atoms with van der Waals surface area (Å²) in [6.45, 7) is 2.10. The van der Waals surface area contributed by atoms with Gasteiger partial charge in [-0.15, -0.1) is 11.3 Å². The van der Waals surface area contributed by atoms with Gasteiger partial charge in [0.2, 0.25) is 11.8 Å². The maximum Gasteiger partial charge on any atom is 0.287 e. The predicted octanol–water partition coefficient (Wildman–Crippen LogP) is 4.46. The third-order valence-corrected chi connectivity index (χ3v) is 7.20. The zero-order valence-electron chi connectivity index (χ0n) is 19.9. The number of amides is 3. The Hall–Kier alpha value is -3.39. The van der Waals surface area contributed by atoms with Crippen LogP contribution in [0.3, 0.4) is 0 Å². The molecule has 0 bridgehead atoms. The van der Waals surface area contributed by atoms with E-state index in [0.29, 0.717) is 0 Å². The van der Waals surface area contributed by atoms with Crippen molar-refractivity contribution in [1.82, 2.24) is 15.5 Å². The van der Waals surface area contributed by atoms with E-state index in [0.717, 1.165) is 48.1 Å². The van der Waals surface area contributed by atoms with E-state index in [2.05, 4.69) is 17.6 Å². The van der Waals surface area contributed by atoms with Crippen LogP contribution in [-0.2, 0) is 22.6 Å². The summed E-state index contributed by atoms with van der Waals surface area (Å²) in [6.07, 6.45) is 6.38. The van der Waals surface area contributed by atoms with Crippen LogP contribution in [0.15, 0.2) is 64.6 Å². The highest BCUT2D eigenvalue weighted by Gasteiger charge is 2.33. The Kier molecular flexibility index (Phi) is 8.36. The summed E-state index contributed by atoms with van der Waals surface area (Å²) in [5.41, 5.74) is 1.91. The molecule has 1 atom stereocenters. The molecule has 0 unspecified atom stereocenters. The zero-order valence-corrected chi connectivity index (χ0v) is 20.7. The molecule has 3 aromatic rings. The molecule has 1 fully saturated rings. The highest BCUT2D eigenvalue weighted by atomic mass is 32.1. The minimum Gasteiger partial charge on any atom is -0.459 e. The Morgan fingerprint density at radius 1 is 1.09 bits per heavy atom. The summed E-state index contributed by atoms with van der Waals surface area (Å²) < 4.78 is 5.13. The quantitative estimate of drug-likeness (QED) is 0.436. The molecular formula is C27H31N3O4S. The van der Waals surface area contributed by atoms with Crippen LogP contribution in [-0.4, -0.2) is 35.2 Å². The van der Waals surface area contributed by atoms with Gasteiger partial charge in [-0.25, -0.2) is 0 Å². The van der Waals surface area contributed by atoms with Crippen LogP contribution in [0.5, 0.6) is 0 Å². The van der Waals surface area contributed by atoms with Crippen LogP contribution in [0.1, 0.15) is 65.2 Å². The number of nitrogens with one attached hydrogen (secondary N) is 2. The molecule has 2 aromatic heterocycles. The number of furan rings is 1. The van der Waals surface area contributed by atoms with Gasteiger partial charge < -0.3 is 20.0 Å². The lowest BCUT2D eigenvalue weighted by atomic mass is 10.0. The molecule has 0 spiro atoms. The lowest BCUT2D eigenvalue weighted by molar-refractivity contribution is -0.141. The summed E-state index contributed by atoms with van der Waals surface area (Å²) in [5, 5.41) is 7.75. The normalized spacial score (nSPS) is 14.4. The van der Waals surface area contributed by atoms with Crippen molar-refractivity contribution in [2.24, 2.45) is 0 Å². The molecule has 7 nitrogen and oxygen atoms in total. The highest BCUT2D eigenvalue weighted by molar-refractivity contribution is 7.09. The number of carbonyl (C=O) groups excluding carboxylic acids is 3. The first-order valence-electron chi connectivity index (χ1n) is 12.1. The van der Waals surface area contributed by atoms with E-state index in [1.54, 1.807) is 11.0 Å². The number of aryl methyl sites for hydroxylation is 1. The maximum atomic E-state index is 13.6. The van der Waals surface area contributed by atoms with Crippen LogP contribution in [0.25, 0.3) is 0 Å². The second-order valence-electron chi connectivity index (χ2n) is 8.75. The lowest BCUT2D eigenvalue weighted by Crippen LogP contribution is -2.48.